The number of amides is 1. The van der Waals surface area contributed by atoms with Gasteiger partial charge in [0.25, 0.3) is 0 Å². The fourth-order valence-electron chi connectivity index (χ4n) is 6.35. The number of Topliss-reactive ketones (excluding diaryl/α,β-unsaturated/α-hetero) is 1. The van der Waals surface area contributed by atoms with Crippen molar-refractivity contribution in [3.8, 4) is 0 Å². The number of ketones is 1. The molecule has 0 aromatic heterocycles. The van der Waals surface area contributed by atoms with Crippen LogP contribution in [0, 0.1) is 17.3 Å². The number of allylic oxidation sites excluding steroid dienone is 1. The third-order valence-corrected chi connectivity index (χ3v) is 9.35. The Morgan fingerprint density at radius 2 is 1.73 bits per heavy atom. The van der Waals surface area contributed by atoms with Crippen LogP contribution in [0.25, 0.3) is 5.57 Å². The van der Waals surface area contributed by atoms with Gasteiger partial charge in [-0.2, -0.15) is 0 Å². The number of rotatable bonds is 9. The molecule has 1 heterocycles. The second-order valence-corrected chi connectivity index (χ2v) is 13.4. The van der Waals surface area contributed by atoms with E-state index in [1.165, 1.54) is 48.8 Å². The maximum atomic E-state index is 14.4. The Morgan fingerprint density at radius 3 is 2.38 bits per heavy atom. The lowest BCUT2D eigenvalue weighted by atomic mass is 9.73. The number of benzene rings is 2. The molecule has 214 valence electrons. The minimum atomic E-state index is -0.177. The summed E-state index contributed by atoms with van der Waals surface area (Å²) in [5.74, 6) is 0.957. The minimum Gasteiger partial charge on any atom is -0.314 e. The van der Waals surface area contributed by atoms with Gasteiger partial charge in [0.2, 0.25) is 5.91 Å². The zero-order chi connectivity index (χ0) is 29.0. The largest absolute Gasteiger partial charge is 0.314 e. The van der Waals surface area contributed by atoms with Crippen molar-refractivity contribution in [2.24, 2.45) is 17.3 Å². The molecule has 0 N–H and O–H groups in total. The number of hydrogen-bond donors (Lipinski definition) is 0. The van der Waals surface area contributed by atoms with Crippen molar-refractivity contribution in [1.82, 2.24) is 4.90 Å². The highest BCUT2D eigenvalue weighted by Crippen LogP contribution is 2.44. The summed E-state index contributed by atoms with van der Waals surface area (Å²) in [6, 6.07) is 14.8. The summed E-state index contributed by atoms with van der Waals surface area (Å²) in [6.07, 6.45) is 10.7. The van der Waals surface area contributed by atoms with Crippen molar-refractivity contribution < 1.29 is 9.59 Å². The highest BCUT2D eigenvalue weighted by molar-refractivity contribution is 5.94. The summed E-state index contributed by atoms with van der Waals surface area (Å²) in [5, 5.41) is 0. The number of nitrogens with zero attached hydrogens (tertiary/aromatic N) is 1. The van der Waals surface area contributed by atoms with E-state index in [9.17, 15) is 9.59 Å². The zero-order valence-electron chi connectivity index (χ0n) is 25.7. The number of hydrogen-bond acceptors (Lipinski definition) is 2. The van der Waals surface area contributed by atoms with Gasteiger partial charge >= 0.3 is 0 Å². The van der Waals surface area contributed by atoms with Crippen LogP contribution in [0.15, 0.2) is 60.8 Å². The van der Waals surface area contributed by atoms with Crippen LogP contribution in [-0.2, 0) is 17.6 Å². The Hall–Kier alpha value is -2.94. The van der Waals surface area contributed by atoms with Gasteiger partial charge in [-0.3, -0.25) is 9.59 Å². The Morgan fingerprint density at radius 1 is 1.05 bits per heavy atom. The van der Waals surface area contributed by atoms with E-state index in [1.807, 2.05) is 17.0 Å². The van der Waals surface area contributed by atoms with Crippen molar-refractivity contribution in [2.45, 2.75) is 98.8 Å². The van der Waals surface area contributed by atoms with Crippen LogP contribution >= 0.6 is 0 Å². The highest BCUT2D eigenvalue weighted by Gasteiger charge is 2.36. The molecule has 3 heteroatoms. The molecule has 2 aliphatic rings. The van der Waals surface area contributed by atoms with E-state index in [4.69, 9.17) is 0 Å². The minimum absolute atomic E-state index is 0.0819. The van der Waals surface area contributed by atoms with Crippen LogP contribution in [0.2, 0.25) is 0 Å². The fraction of sp³-hybridized carbons (Fsp3) is 0.514. The Labute approximate surface area is 242 Å². The van der Waals surface area contributed by atoms with Crippen LogP contribution in [0.5, 0.6) is 0 Å². The number of aryl methyl sites for hydroxylation is 1. The Bertz CT molecular complexity index is 1270. The first-order valence-electron chi connectivity index (χ1n) is 15.4. The number of fused-ring (bicyclic) bond motifs is 1. The smallest absolute Gasteiger partial charge is 0.234 e. The van der Waals surface area contributed by atoms with Crippen LogP contribution in [-0.4, -0.2) is 23.1 Å². The van der Waals surface area contributed by atoms with Gasteiger partial charge in [-0.05, 0) is 96.2 Å². The van der Waals surface area contributed by atoms with Crippen molar-refractivity contribution in [3.63, 3.8) is 0 Å². The van der Waals surface area contributed by atoms with Gasteiger partial charge in [-0.1, -0.05) is 96.4 Å². The molecule has 4 rings (SSSR count). The molecule has 0 bridgehead atoms. The van der Waals surface area contributed by atoms with E-state index in [2.05, 4.69) is 77.7 Å². The molecular weight excluding hydrogens is 490 g/mol. The first kappa shape index (κ1) is 30.0. The normalized spacial score (nSPS) is 19.1. The van der Waals surface area contributed by atoms with E-state index >= 15 is 0 Å². The Balaban J connectivity index is 1.70. The molecule has 1 aliphatic carbocycles. The van der Waals surface area contributed by atoms with Crippen molar-refractivity contribution in [1.29, 1.82) is 0 Å². The van der Waals surface area contributed by atoms with E-state index in [-0.39, 0.29) is 23.0 Å². The maximum absolute atomic E-state index is 14.4. The van der Waals surface area contributed by atoms with Gasteiger partial charge < -0.3 is 4.90 Å². The summed E-state index contributed by atoms with van der Waals surface area (Å²) in [6.45, 7) is 17.8. The van der Waals surface area contributed by atoms with E-state index in [0.717, 1.165) is 35.1 Å². The van der Waals surface area contributed by atoms with Crippen molar-refractivity contribution in [2.75, 3.05) is 6.54 Å². The van der Waals surface area contributed by atoms with Gasteiger partial charge in [0, 0.05) is 18.3 Å². The van der Waals surface area contributed by atoms with E-state index < -0.39 is 0 Å². The maximum Gasteiger partial charge on any atom is 0.234 e. The summed E-state index contributed by atoms with van der Waals surface area (Å²) < 4.78 is 0. The van der Waals surface area contributed by atoms with Crippen LogP contribution < -0.4 is 0 Å². The van der Waals surface area contributed by atoms with Crippen LogP contribution in [0.3, 0.4) is 0 Å². The average molecular weight is 540 g/mol. The molecule has 1 saturated carbocycles. The lowest BCUT2D eigenvalue weighted by Crippen LogP contribution is -2.34. The van der Waals surface area contributed by atoms with Crippen molar-refractivity contribution >= 4 is 17.3 Å². The molecule has 3 nitrogen and oxygen atoms in total. The van der Waals surface area contributed by atoms with Gasteiger partial charge in [0.05, 0.1) is 5.92 Å². The molecule has 1 aliphatic heterocycles. The molecule has 40 heavy (non-hydrogen) atoms. The van der Waals surface area contributed by atoms with E-state index in [1.54, 1.807) is 6.92 Å². The molecule has 2 unspecified atom stereocenters. The standard InChI is InChI=1S/C37H49NO2/c1-8-28-20-29(22-31(21-28)27(4)39)18-25(2)23-38-24-35(30-14-10-9-11-15-30)33-17-13-12-16-32(33)34(36(38)40)19-26(3)37(5,6)7/h12-13,16-17,20-22,24,26,30,34H,2,8-11,14-15,18-19,23H2,1,3-7H3. The third-order valence-electron chi connectivity index (χ3n) is 9.35. The summed E-state index contributed by atoms with van der Waals surface area (Å²) in [5.41, 5.74) is 7.90. The first-order chi connectivity index (χ1) is 19.0. The lowest BCUT2D eigenvalue weighted by Gasteiger charge is -2.32. The predicted octanol–water partition coefficient (Wildman–Crippen LogP) is 9.17. The molecule has 0 saturated heterocycles. The van der Waals surface area contributed by atoms with Crippen LogP contribution in [0.4, 0.5) is 0 Å². The topological polar surface area (TPSA) is 37.4 Å². The predicted molar refractivity (Wildman–Crippen MR) is 167 cm³/mol. The molecule has 2 atom stereocenters. The van der Waals surface area contributed by atoms with E-state index in [0.29, 0.717) is 24.8 Å². The number of carbonyl (C=O) groups excluding carboxylic acids is 2. The molecule has 2 aromatic rings. The quantitative estimate of drug-likeness (QED) is 0.235. The summed E-state index contributed by atoms with van der Waals surface area (Å²) in [4.78, 5) is 28.6. The fourth-order valence-corrected chi connectivity index (χ4v) is 6.35. The monoisotopic (exact) mass is 539 g/mol. The highest BCUT2D eigenvalue weighted by atomic mass is 16.2. The van der Waals surface area contributed by atoms with Gasteiger partial charge in [0.15, 0.2) is 5.78 Å². The number of carbonyl (C=O) groups is 2. The second-order valence-electron chi connectivity index (χ2n) is 13.4. The van der Waals surface area contributed by atoms with Gasteiger partial charge in [-0.15, -0.1) is 0 Å². The van der Waals surface area contributed by atoms with Gasteiger partial charge in [0.1, 0.15) is 0 Å². The molecule has 1 fully saturated rings. The SMILES string of the molecule is C=C(Cc1cc(CC)cc(C(C)=O)c1)CN1C=C(C2CCCCC2)c2ccccc2C(CC(C)C(C)(C)C)C1=O. The second kappa shape index (κ2) is 12.7. The molecular formula is C37H49NO2. The van der Waals surface area contributed by atoms with Crippen molar-refractivity contribution in [3.05, 3.63) is 88.6 Å². The molecule has 0 spiro atoms. The molecule has 0 radical (unpaired) electrons. The average Bonchev–Trinajstić information content (AvgIpc) is 3.03. The molecule has 1 amide bonds. The van der Waals surface area contributed by atoms with Crippen LogP contribution in [0.1, 0.15) is 119 Å². The molecule has 2 aromatic carbocycles. The lowest BCUT2D eigenvalue weighted by molar-refractivity contribution is -0.130. The third kappa shape index (κ3) is 7.03. The summed E-state index contributed by atoms with van der Waals surface area (Å²) in [7, 11) is 0. The zero-order valence-corrected chi connectivity index (χ0v) is 25.7. The Kier molecular flexibility index (Phi) is 9.54. The van der Waals surface area contributed by atoms with Gasteiger partial charge in [-0.25, -0.2) is 0 Å². The summed E-state index contributed by atoms with van der Waals surface area (Å²) >= 11 is 0. The first-order valence-corrected chi connectivity index (χ1v) is 15.4.